The molecular weight excluding hydrogens is 488 g/mol. The molecule has 0 saturated carbocycles. The molecule has 0 radical (unpaired) electrons. The second kappa shape index (κ2) is 15.1. The van der Waals surface area contributed by atoms with Crippen LogP contribution in [0.3, 0.4) is 0 Å². The number of allylic oxidation sites excluding steroid dienone is 7. The van der Waals surface area contributed by atoms with Crippen molar-refractivity contribution in [1.29, 1.82) is 0 Å². The van der Waals surface area contributed by atoms with Crippen LogP contribution in [0, 0.1) is 11.8 Å². The standard InChI is InChI=1S/C32H48N4O3/c1-23-10-7-6-8-13-26(4)32(39)34-28-22-29(37)30(33-14-15-36-18-16-35(5)17-19-36)27(31(28)38)21-25(3)12-9-11-24(2)20-23/h6,8,13,20,22,24-25,33H,7,9-12,14-19,21H2,1-5H3,(H,34,39)/b8-6-,23-20+,26-13+/t24-,25+/m1/s1. The van der Waals surface area contributed by atoms with Crippen LogP contribution in [-0.2, 0) is 14.4 Å². The van der Waals surface area contributed by atoms with Crippen LogP contribution < -0.4 is 10.6 Å². The maximum atomic E-state index is 13.6. The fraction of sp³-hybridized carbons (Fsp3) is 0.594. The zero-order chi connectivity index (χ0) is 28.4. The van der Waals surface area contributed by atoms with Crippen molar-refractivity contribution >= 4 is 17.5 Å². The van der Waals surface area contributed by atoms with Crippen molar-refractivity contribution in [3.05, 3.63) is 58.5 Å². The smallest absolute Gasteiger partial charge is 0.251 e. The van der Waals surface area contributed by atoms with Gasteiger partial charge in [-0.25, -0.2) is 0 Å². The van der Waals surface area contributed by atoms with E-state index >= 15 is 0 Å². The summed E-state index contributed by atoms with van der Waals surface area (Å²) in [5, 5.41) is 6.03. The lowest BCUT2D eigenvalue weighted by Gasteiger charge is -2.32. The number of hydrogen-bond donors (Lipinski definition) is 2. The minimum atomic E-state index is -0.367. The number of hydrogen-bond acceptors (Lipinski definition) is 6. The van der Waals surface area contributed by atoms with Gasteiger partial charge in [-0.05, 0) is 58.4 Å². The first-order valence-electron chi connectivity index (χ1n) is 14.6. The van der Waals surface area contributed by atoms with Crippen LogP contribution in [0.15, 0.2) is 58.5 Å². The molecule has 1 amide bonds. The summed E-state index contributed by atoms with van der Waals surface area (Å²) in [7, 11) is 2.13. The number of ketones is 2. The molecule has 0 spiro atoms. The maximum absolute atomic E-state index is 13.6. The molecule has 214 valence electrons. The van der Waals surface area contributed by atoms with Crippen LogP contribution >= 0.6 is 0 Å². The number of nitrogens with zero attached hydrogens (tertiary/aromatic N) is 2. The molecule has 2 N–H and O–H groups in total. The van der Waals surface area contributed by atoms with E-state index in [1.807, 2.05) is 6.08 Å². The topological polar surface area (TPSA) is 81.8 Å². The highest BCUT2D eigenvalue weighted by molar-refractivity contribution is 6.23. The number of likely N-dealkylation sites (N-methyl/N-ethyl adjacent to an activating group) is 1. The predicted octanol–water partition coefficient (Wildman–Crippen LogP) is 4.30. The zero-order valence-corrected chi connectivity index (χ0v) is 24.6. The summed E-state index contributed by atoms with van der Waals surface area (Å²) in [6.07, 6.45) is 14.9. The van der Waals surface area contributed by atoms with Gasteiger partial charge in [0.15, 0.2) is 0 Å². The van der Waals surface area contributed by atoms with Gasteiger partial charge in [-0.2, -0.15) is 0 Å². The van der Waals surface area contributed by atoms with Crippen LogP contribution in [0.2, 0.25) is 0 Å². The first-order chi connectivity index (χ1) is 18.6. The lowest BCUT2D eigenvalue weighted by atomic mass is 9.87. The molecule has 2 bridgehead atoms. The van der Waals surface area contributed by atoms with Crippen molar-refractivity contribution in [2.75, 3.05) is 46.3 Å². The number of nitrogens with one attached hydrogen (secondary N) is 2. The van der Waals surface area contributed by atoms with E-state index in [0.717, 1.165) is 64.8 Å². The highest BCUT2D eigenvalue weighted by Gasteiger charge is 2.30. The molecule has 0 aromatic rings. The zero-order valence-electron chi connectivity index (χ0n) is 24.6. The second-order valence-electron chi connectivity index (χ2n) is 11.7. The molecule has 1 fully saturated rings. The Morgan fingerprint density at radius 1 is 1.05 bits per heavy atom. The molecule has 3 aliphatic rings. The van der Waals surface area contributed by atoms with Gasteiger partial charge in [0.1, 0.15) is 0 Å². The number of rotatable bonds is 4. The molecule has 3 rings (SSSR count). The number of fused-ring (bicyclic) bond motifs is 2. The fourth-order valence-corrected chi connectivity index (χ4v) is 5.39. The van der Waals surface area contributed by atoms with Crippen LogP contribution in [0.25, 0.3) is 0 Å². The van der Waals surface area contributed by atoms with Gasteiger partial charge in [-0.1, -0.05) is 56.6 Å². The summed E-state index contributed by atoms with van der Waals surface area (Å²) >= 11 is 0. The number of carbonyl (C=O) groups is 3. The molecule has 0 aromatic carbocycles. The summed E-state index contributed by atoms with van der Waals surface area (Å²) in [6, 6.07) is 0. The third kappa shape index (κ3) is 9.73. The van der Waals surface area contributed by atoms with Crippen molar-refractivity contribution in [3.8, 4) is 0 Å². The molecule has 2 aliphatic heterocycles. The predicted molar refractivity (Wildman–Crippen MR) is 158 cm³/mol. The average molecular weight is 537 g/mol. The van der Waals surface area contributed by atoms with Gasteiger partial charge in [0.25, 0.3) is 5.91 Å². The lowest BCUT2D eigenvalue weighted by molar-refractivity contribution is -0.120. The highest BCUT2D eigenvalue weighted by atomic mass is 16.2. The largest absolute Gasteiger partial charge is 0.380 e. The van der Waals surface area contributed by atoms with E-state index in [1.54, 1.807) is 13.0 Å². The summed E-state index contributed by atoms with van der Waals surface area (Å²) in [6.45, 7) is 13.8. The normalized spacial score (nSPS) is 29.2. The van der Waals surface area contributed by atoms with E-state index in [0.29, 0.717) is 35.7 Å². The molecular formula is C32H48N4O3. The molecule has 2 atom stereocenters. The van der Waals surface area contributed by atoms with E-state index in [2.05, 4.69) is 60.4 Å². The van der Waals surface area contributed by atoms with E-state index in [1.165, 1.54) is 11.6 Å². The molecule has 7 nitrogen and oxygen atoms in total. The van der Waals surface area contributed by atoms with Gasteiger partial charge in [0.2, 0.25) is 11.6 Å². The molecule has 39 heavy (non-hydrogen) atoms. The van der Waals surface area contributed by atoms with Crippen molar-refractivity contribution < 1.29 is 14.4 Å². The number of carbonyl (C=O) groups excluding carboxylic acids is 3. The van der Waals surface area contributed by atoms with E-state index in [9.17, 15) is 14.4 Å². The third-order valence-electron chi connectivity index (χ3n) is 7.94. The summed E-state index contributed by atoms with van der Waals surface area (Å²) in [5.74, 6) is -0.122. The van der Waals surface area contributed by atoms with Crippen LogP contribution in [0.5, 0.6) is 0 Å². The van der Waals surface area contributed by atoms with Gasteiger partial charge in [0.05, 0.1) is 11.4 Å². The Bertz CT molecular complexity index is 1060. The Morgan fingerprint density at radius 2 is 1.79 bits per heavy atom. The first-order valence-corrected chi connectivity index (χ1v) is 14.6. The monoisotopic (exact) mass is 536 g/mol. The number of amides is 1. The van der Waals surface area contributed by atoms with Crippen molar-refractivity contribution in [1.82, 2.24) is 20.4 Å². The Labute approximate surface area is 235 Å². The van der Waals surface area contributed by atoms with E-state index < -0.39 is 0 Å². The van der Waals surface area contributed by atoms with Gasteiger partial charge in [0, 0.05) is 56.5 Å². The SMILES string of the molecule is C/C1=C\[C@H](C)CCC[C@H](C)CC2=C(NCCN3CCN(C)CC3)C(=O)C=C(NC(=O)/C(C)=C/C=C\CC1)C2=O. The van der Waals surface area contributed by atoms with Crippen LogP contribution in [0.1, 0.15) is 66.2 Å². The van der Waals surface area contributed by atoms with Crippen molar-refractivity contribution in [2.45, 2.75) is 66.2 Å². The van der Waals surface area contributed by atoms with Gasteiger partial charge in [-0.15, -0.1) is 0 Å². The van der Waals surface area contributed by atoms with Crippen molar-refractivity contribution in [2.24, 2.45) is 11.8 Å². The Balaban J connectivity index is 1.79. The Kier molecular flexibility index (Phi) is 11.9. The van der Waals surface area contributed by atoms with Gasteiger partial charge < -0.3 is 15.5 Å². The minimum absolute atomic E-state index is 0.0694. The number of Topliss-reactive ketones (excluding diaryl/α,β-unsaturated/α-hetero) is 1. The molecule has 0 aromatic heterocycles. The molecule has 1 saturated heterocycles. The molecule has 7 heteroatoms. The van der Waals surface area contributed by atoms with Crippen LogP contribution in [0.4, 0.5) is 0 Å². The van der Waals surface area contributed by atoms with Gasteiger partial charge in [-0.3, -0.25) is 19.3 Å². The number of piperazine rings is 1. The summed E-state index contributed by atoms with van der Waals surface area (Å²) in [5.41, 5.74) is 2.83. The summed E-state index contributed by atoms with van der Waals surface area (Å²) < 4.78 is 0. The molecule has 1 aliphatic carbocycles. The summed E-state index contributed by atoms with van der Waals surface area (Å²) in [4.78, 5) is 44.4. The third-order valence-corrected chi connectivity index (χ3v) is 7.94. The second-order valence-corrected chi connectivity index (χ2v) is 11.7. The average Bonchev–Trinajstić information content (AvgIpc) is 2.88. The first kappa shape index (κ1) is 30.8. The molecule has 2 heterocycles. The lowest BCUT2D eigenvalue weighted by Crippen LogP contribution is -2.46. The van der Waals surface area contributed by atoms with E-state index in [4.69, 9.17) is 0 Å². The van der Waals surface area contributed by atoms with Crippen LogP contribution in [-0.4, -0.2) is 73.6 Å². The van der Waals surface area contributed by atoms with E-state index in [-0.39, 0.29) is 29.1 Å². The quantitative estimate of drug-likeness (QED) is 0.412. The maximum Gasteiger partial charge on any atom is 0.251 e. The Morgan fingerprint density at radius 3 is 2.54 bits per heavy atom. The highest BCUT2D eigenvalue weighted by Crippen LogP contribution is 2.27. The minimum Gasteiger partial charge on any atom is -0.380 e. The Hall–Kier alpha value is -2.77. The van der Waals surface area contributed by atoms with Gasteiger partial charge >= 0.3 is 0 Å². The fourth-order valence-electron chi connectivity index (χ4n) is 5.39. The van der Waals surface area contributed by atoms with Crippen molar-refractivity contribution in [3.63, 3.8) is 0 Å². The molecule has 0 unspecified atom stereocenters.